The number of rotatable bonds is 2. The molecule has 0 atom stereocenters. The molecule has 5 heteroatoms. The predicted octanol–water partition coefficient (Wildman–Crippen LogP) is 1.53. The van der Waals surface area contributed by atoms with E-state index >= 15 is 0 Å². The summed E-state index contributed by atoms with van der Waals surface area (Å²) >= 11 is 3.31. The highest BCUT2D eigenvalue weighted by atomic mass is 79.9. The van der Waals surface area contributed by atoms with Crippen LogP contribution in [0.25, 0.3) is 0 Å². The molecule has 1 heterocycles. The maximum Gasteiger partial charge on any atom is 0.331 e. The van der Waals surface area contributed by atoms with Crippen LogP contribution < -0.4 is 0 Å². The Morgan fingerprint density at radius 3 is 2.69 bits per heavy atom. The van der Waals surface area contributed by atoms with Gasteiger partial charge < -0.3 is 5.11 Å². The van der Waals surface area contributed by atoms with Gasteiger partial charge in [0.05, 0.1) is 10.2 Å². The van der Waals surface area contributed by atoms with Crippen LogP contribution in [0.2, 0.25) is 0 Å². The third kappa shape index (κ3) is 1.18. The molecule has 1 aliphatic rings. The second-order valence-corrected chi connectivity index (χ2v) is 4.20. The van der Waals surface area contributed by atoms with Crippen molar-refractivity contribution in [1.29, 1.82) is 0 Å². The lowest BCUT2D eigenvalue weighted by Crippen LogP contribution is -2.27. The molecule has 4 nitrogen and oxygen atoms in total. The number of nitrogens with zero attached hydrogens (tertiary/aromatic N) is 2. The van der Waals surface area contributed by atoms with E-state index in [2.05, 4.69) is 21.0 Å². The topological polar surface area (TPSA) is 55.1 Å². The maximum atomic E-state index is 10.9. The van der Waals surface area contributed by atoms with Crippen molar-refractivity contribution in [3.05, 3.63) is 16.4 Å². The van der Waals surface area contributed by atoms with Crippen molar-refractivity contribution in [3.63, 3.8) is 0 Å². The third-order valence-electron chi connectivity index (χ3n) is 2.40. The molecule has 0 spiro atoms. The van der Waals surface area contributed by atoms with Crippen LogP contribution in [0.3, 0.4) is 0 Å². The summed E-state index contributed by atoms with van der Waals surface area (Å²) < 4.78 is 2.41. The van der Waals surface area contributed by atoms with Gasteiger partial charge in [-0.3, -0.25) is 4.68 Å². The third-order valence-corrected chi connectivity index (χ3v) is 3.18. The van der Waals surface area contributed by atoms with Crippen LogP contribution in [0, 0.1) is 6.92 Å². The zero-order valence-corrected chi connectivity index (χ0v) is 8.71. The number of carboxylic acids is 1. The van der Waals surface area contributed by atoms with Crippen molar-refractivity contribution >= 4 is 21.9 Å². The SMILES string of the molecule is Cc1nn(C2(C(=O)O)CC2)cc1Br. The summed E-state index contributed by atoms with van der Waals surface area (Å²) in [4.78, 5) is 10.9. The first-order valence-corrected chi connectivity index (χ1v) is 4.81. The molecule has 1 N–H and O–H groups in total. The molecule has 1 aliphatic carbocycles. The first-order valence-electron chi connectivity index (χ1n) is 4.02. The van der Waals surface area contributed by atoms with Gasteiger partial charge in [0, 0.05) is 6.20 Å². The van der Waals surface area contributed by atoms with Crippen molar-refractivity contribution in [1.82, 2.24) is 9.78 Å². The summed E-state index contributed by atoms with van der Waals surface area (Å²) in [6, 6.07) is 0. The Morgan fingerprint density at radius 2 is 2.38 bits per heavy atom. The highest BCUT2D eigenvalue weighted by Crippen LogP contribution is 2.43. The van der Waals surface area contributed by atoms with E-state index < -0.39 is 11.5 Å². The van der Waals surface area contributed by atoms with Gasteiger partial charge >= 0.3 is 5.97 Å². The molecule has 0 amide bonds. The fourth-order valence-electron chi connectivity index (χ4n) is 1.32. The molecule has 2 rings (SSSR count). The maximum absolute atomic E-state index is 10.9. The number of halogens is 1. The Balaban J connectivity index is 2.41. The lowest BCUT2D eigenvalue weighted by atomic mass is 10.3. The van der Waals surface area contributed by atoms with Gasteiger partial charge in [0.15, 0.2) is 5.54 Å². The van der Waals surface area contributed by atoms with E-state index in [9.17, 15) is 4.79 Å². The first-order chi connectivity index (χ1) is 6.06. The zero-order valence-electron chi connectivity index (χ0n) is 7.12. The van der Waals surface area contributed by atoms with Crippen LogP contribution in [0.4, 0.5) is 0 Å². The Morgan fingerprint density at radius 1 is 1.77 bits per heavy atom. The summed E-state index contributed by atoms with van der Waals surface area (Å²) in [6.45, 7) is 1.85. The lowest BCUT2D eigenvalue weighted by molar-refractivity contribution is -0.142. The molecule has 1 saturated carbocycles. The van der Waals surface area contributed by atoms with Gasteiger partial charge in [-0.05, 0) is 35.7 Å². The number of aliphatic carboxylic acids is 1. The average Bonchev–Trinajstić information content (AvgIpc) is 2.77. The van der Waals surface area contributed by atoms with Gasteiger partial charge in [0.1, 0.15) is 0 Å². The van der Waals surface area contributed by atoms with Crippen molar-refractivity contribution in [2.24, 2.45) is 0 Å². The molecule has 1 aromatic heterocycles. The van der Waals surface area contributed by atoms with Crippen LogP contribution in [-0.2, 0) is 10.3 Å². The molecule has 0 aliphatic heterocycles. The second-order valence-electron chi connectivity index (χ2n) is 3.34. The van der Waals surface area contributed by atoms with Crippen LogP contribution in [0.5, 0.6) is 0 Å². The van der Waals surface area contributed by atoms with Gasteiger partial charge in [-0.2, -0.15) is 5.10 Å². The van der Waals surface area contributed by atoms with Crippen molar-refractivity contribution in [2.45, 2.75) is 25.3 Å². The van der Waals surface area contributed by atoms with Gasteiger partial charge in [-0.1, -0.05) is 0 Å². The molecular formula is C8H9BrN2O2. The van der Waals surface area contributed by atoms with E-state index in [0.717, 1.165) is 10.2 Å². The Hall–Kier alpha value is -0.840. The molecule has 0 aromatic carbocycles. The van der Waals surface area contributed by atoms with E-state index in [0.29, 0.717) is 12.8 Å². The summed E-state index contributed by atoms with van der Waals surface area (Å²) in [7, 11) is 0. The molecule has 0 unspecified atom stereocenters. The number of hydrogen-bond acceptors (Lipinski definition) is 2. The number of aromatic nitrogens is 2. The molecule has 1 aromatic rings. The molecule has 0 bridgehead atoms. The second kappa shape index (κ2) is 2.57. The predicted molar refractivity (Wildman–Crippen MR) is 49.5 cm³/mol. The van der Waals surface area contributed by atoms with E-state index in [1.165, 1.54) is 0 Å². The molecule has 0 saturated heterocycles. The van der Waals surface area contributed by atoms with E-state index in [-0.39, 0.29) is 0 Å². The minimum atomic E-state index is -0.789. The Labute approximate surface area is 83.7 Å². The summed E-state index contributed by atoms with van der Waals surface area (Å²) in [5, 5.41) is 13.1. The van der Waals surface area contributed by atoms with Gasteiger partial charge in [-0.15, -0.1) is 0 Å². The van der Waals surface area contributed by atoms with Crippen LogP contribution in [0.1, 0.15) is 18.5 Å². The molecule has 0 radical (unpaired) electrons. The van der Waals surface area contributed by atoms with Gasteiger partial charge in [0.2, 0.25) is 0 Å². The lowest BCUT2D eigenvalue weighted by Gasteiger charge is -2.08. The highest BCUT2D eigenvalue weighted by molar-refractivity contribution is 9.10. The number of carbonyl (C=O) groups is 1. The van der Waals surface area contributed by atoms with Gasteiger partial charge in [0.25, 0.3) is 0 Å². The van der Waals surface area contributed by atoms with Crippen molar-refractivity contribution in [3.8, 4) is 0 Å². The normalized spacial score (nSPS) is 18.6. The zero-order chi connectivity index (χ0) is 9.64. The average molecular weight is 245 g/mol. The number of aryl methyl sites for hydroxylation is 1. The summed E-state index contributed by atoms with van der Waals surface area (Å²) in [5.41, 5.74) is 0.0732. The number of carboxylic acid groups (broad SMARTS) is 1. The fourth-order valence-corrected chi connectivity index (χ4v) is 1.59. The molecule has 13 heavy (non-hydrogen) atoms. The van der Waals surface area contributed by atoms with E-state index in [4.69, 9.17) is 5.11 Å². The molecular weight excluding hydrogens is 236 g/mol. The summed E-state index contributed by atoms with van der Waals surface area (Å²) in [5.74, 6) is -0.789. The first kappa shape index (κ1) is 8.74. The minimum absolute atomic E-state index is 0.676. The van der Waals surface area contributed by atoms with Crippen molar-refractivity contribution in [2.75, 3.05) is 0 Å². The van der Waals surface area contributed by atoms with Crippen LogP contribution in [0.15, 0.2) is 10.7 Å². The van der Waals surface area contributed by atoms with Crippen molar-refractivity contribution < 1.29 is 9.90 Å². The highest BCUT2D eigenvalue weighted by Gasteiger charge is 2.53. The molecule has 1 fully saturated rings. The van der Waals surface area contributed by atoms with Crippen LogP contribution >= 0.6 is 15.9 Å². The fraction of sp³-hybridized carbons (Fsp3) is 0.500. The molecule has 70 valence electrons. The van der Waals surface area contributed by atoms with Gasteiger partial charge in [-0.25, -0.2) is 4.79 Å². The largest absolute Gasteiger partial charge is 0.479 e. The number of hydrogen-bond donors (Lipinski definition) is 1. The monoisotopic (exact) mass is 244 g/mol. The Kier molecular flexibility index (Phi) is 1.73. The van der Waals surface area contributed by atoms with Crippen LogP contribution in [-0.4, -0.2) is 20.9 Å². The smallest absolute Gasteiger partial charge is 0.331 e. The minimum Gasteiger partial charge on any atom is -0.479 e. The van der Waals surface area contributed by atoms with E-state index in [1.807, 2.05) is 6.92 Å². The standard InChI is InChI=1S/C8H9BrN2O2/c1-5-6(9)4-11(10-5)8(2-3-8)7(12)13/h4H,2-3H2,1H3,(H,12,13). The quantitative estimate of drug-likeness (QED) is 0.859. The summed E-state index contributed by atoms with van der Waals surface area (Å²) in [6.07, 6.45) is 3.09. The van der Waals surface area contributed by atoms with E-state index in [1.54, 1.807) is 10.9 Å². The Bertz CT molecular complexity index is 349.